The third-order valence-electron chi connectivity index (χ3n) is 5.31. The Morgan fingerprint density at radius 2 is 2.04 bits per heavy atom. The Kier molecular flexibility index (Phi) is 5.09. The van der Waals surface area contributed by atoms with Gasteiger partial charge in [0.15, 0.2) is 0 Å². The molecule has 0 saturated carbocycles. The first-order valence-electron chi connectivity index (χ1n) is 9.43. The standard InChI is InChI=1S/C21H24N2O4/c1-14-11-16(8-7-15-5-3-2-4-6-15)27-21(25)19(14)20(24)23-12-17-18(13-23)26-10-9-22-17/h2-6,11,17-18,22H,7-10,12-13H2,1H3/t17-,18-/m0/s1. The minimum atomic E-state index is -0.549. The largest absolute Gasteiger partial charge is 0.427 e. The maximum Gasteiger partial charge on any atom is 0.349 e. The van der Waals surface area contributed by atoms with Gasteiger partial charge in [0, 0.05) is 26.1 Å². The number of nitrogens with zero attached hydrogens (tertiary/aromatic N) is 1. The van der Waals surface area contributed by atoms with Gasteiger partial charge < -0.3 is 19.4 Å². The van der Waals surface area contributed by atoms with Crippen molar-refractivity contribution in [2.45, 2.75) is 31.9 Å². The summed E-state index contributed by atoms with van der Waals surface area (Å²) in [5.74, 6) is 0.341. The lowest BCUT2D eigenvalue weighted by Crippen LogP contribution is -2.47. The molecule has 2 aliphatic rings. The maximum atomic E-state index is 12.9. The van der Waals surface area contributed by atoms with Gasteiger partial charge in [0.1, 0.15) is 11.3 Å². The van der Waals surface area contributed by atoms with E-state index in [2.05, 4.69) is 5.32 Å². The highest BCUT2D eigenvalue weighted by molar-refractivity contribution is 5.95. The molecular weight excluding hydrogens is 344 g/mol. The quantitative estimate of drug-likeness (QED) is 0.887. The molecule has 1 aromatic carbocycles. The molecule has 6 heteroatoms. The second kappa shape index (κ2) is 7.66. The molecule has 142 valence electrons. The van der Waals surface area contributed by atoms with E-state index >= 15 is 0 Å². The van der Waals surface area contributed by atoms with Crippen molar-refractivity contribution in [1.82, 2.24) is 10.2 Å². The average Bonchev–Trinajstić information content (AvgIpc) is 3.11. The molecule has 1 amide bonds. The fourth-order valence-electron chi connectivity index (χ4n) is 3.88. The van der Waals surface area contributed by atoms with Crippen LogP contribution in [0.3, 0.4) is 0 Å². The zero-order valence-electron chi connectivity index (χ0n) is 15.4. The zero-order valence-corrected chi connectivity index (χ0v) is 15.4. The number of nitrogens with one attached hydrogen (secondary N) is 1. The zero-order chi connectivity index (χ0) is 18.8. The molecule has 2 fully saturated rings. The molecule has 2 aromatic rings. The Hall–Kier alpha value is -2.44. The van der Waals surface area contributed by atoms with Crippen molar-refractivity contribution in [3.05, 3.63) is 69.3 Å². The normalized spacial score (nSPS) is 21.9. The SMILES string of the molecule is Cc1cc(CCc2ccccc2)oc(=O)c1C(=O)N1C[C@@H]2NCCO[C@H]2C1. The number of morpholine rings is 1. The Labute approximate surface area is 158 Å². The van der Waals surface area contributed by atoms with Crippen LogP contribution in [0.4, 0.5) is 0 Å². The summed E-state index contributed by atoms with van der Waals surface area (Å²) in [4.78, 5) is 27.1. The summed E-state index contributed by atoms with van der Waals surface area (Å²) in [6, 6.07) is 12.0. The molecule has 4 rings (SSSR count). The highest BCUT2D eigenvalue weighted by Crippen LogP contribution is 2.19. The van der Waals surface area contributed by atoms with Gasteiger partial charge in [-0.2, -0.15) is 0 Å². The van der Waals surface area contributed by atoms with E-state index in [1.807, 2.05) is 36.4 Å². The Bertz CT molecular complexity index is 863. The summed E-state index contributed by atoms with van der Waals surface area (Å²) in [6.45, 7) is 4.30. The van der Waals surface area contributed by atoms with Crippen LogP contribution in [0.1, 0.15) is 27.2 Å². The average molecular weight is 368 g/mol. The molecule has 3 heterocycles. The topological polar surface area (TPSA) is 71.8 Å². The van der Waals surface area contributed by atoms with Crippen molar-refractivity contribution in [2.24, 2.45) is 0 Å². The first kappa shape index (κ1) is 17.9. The Morgan fingerprint density at radius 3 is 2.78 bits per heavy atom. The number of ether oxygens (including phenoxy) is 1. The van der Waals surface area contributed by atoms with Crippen LogP contribution in [0.25, 0.3) is 0 Å². The number of rotatable bonds is 4. The molecular formula is C21H24N2O4. The summed E-state index contributed by atoms with van der Waals surface area (Å²) in [5, 5.41) is 3.37. The minimum absolute atomic E-state index is 0.000178. The van der Waals surface area contributed by atoms with E-state index in [0.29, 0.717) is 37.4 Å². The van der Waals surface area contributed by atoms with Crippen LogP contribution < -0.4 is 10.9 Å². The number of likely N-dealkylation sites (tertiary alicyclic amines) is 1. The fraction of sp³-hybridized carbons (Fsp3) is 0.429. The monoisotopic (exact) mass is 368 g/mol. The van der Waals surface area contributed by atoms with Crippen molar-refractivity contribution < 1.29 is 13.9 Å². The lowest BCUT2D eigenvalue weighted by molar-refractivity contribution is 0.0176. The summed E-state index contributed by atoms with van der Waals surface area (Å²) >= 11 is 0. The third kappa shape index (κ3) is 3.82. The van der Waals surface area contributed by atoms with E-state index in [-0.39, 0.29) is 23.6 Å². The Balaban J connectivity index is 1.48. The molecule has 1 aromatic heterocycles. The second-order valence-corrected chi connectivity index (χ2v) is 7.22. The number of carbonyl (C=O) groups is 1. The number of hydrogen-bond acceptors (Lipinski definition) is 5. The molecule has 0 aliphatic carbocycles. The predicted molar refractivity (Wildman–Crippen MR) is 101 cm³/mol. The van der Waals surface area contributed by atoms with E-state index in [9.17, 15) is 9.59 Å². The number of amides is 1. The number of hydrogen-bond donors (Lipinski definition) is 1. The highest BCUT2D eigenvalue weighted by atomic mass is 16.5. The summed E-state index contributed by atoms with van der Waals surface area (Å²) in [7, 11) is 0. The van der Waals surface area contributed by atoms with Crippen molar-refractivity contribution in [2.75, 3.05) is 26.2 Å². The van der Waals surface area contributed by atoms with E-state index in [4.69, 9.17) is 9.15 Å². The van der Waals surface area contributed by atoms with Gasteiger partial charge in [-0.05, 0) is 30.5 Å². The van der Waals surface area contributed by atoms with Gasteiger partial charge in [0.25, 0.3) is 5.91 Å². The van der Waals surface area contributed by atoms with Gasteiger partial charge in [-0.3, -0.25) is 4.79 Å². The molecule has 0 unspecified atom stereocenters. The Morgan fingerprint density at radius 1 is 1.22 bits per heavy atom. The van der Waals surface area contributed by atoms with Crippen LogP contribution in [0.5, 0.6) is 0 Å². The molecule has 0 radical (unpaired) electrons. The molecule has 6 nitrogen and oxygen atoms in total. The summed E-state index contributed by atoms with van der Waals surface area (Å²) in [5.41, 5.74) is 1.44. The molecule has 0 bridgehead atoms. The molecule has 2 saturated heterocycles. The fourth-order valence-corrected chi connectivity index (χ4v) is 3.88. The molecule has 2 atom stereocenters. The molecule has 0 spiro atoms. The lowest BCUT2D eigenvalue weighted by atomic mass is 10.1. The smallest absolute Gasteiger partial charge is 0.349 e. The van der Waals surface area contributed by atoms with E-state index in [1.165, 1.54) is 5.56 Å². The highest BCUT2D eigenvalue weighted by Gasteiger charge is 2.38. The minimum Gasteiger partial charge on any atom is -0.427 e. The second-order valence-electron chi connectivity index (χ2n) is 7.22. The van der Waals surface area contributed by atoms with Crippen LogP contribution >= 0.6 is 0 Å². The predicted octanol–water partition coefficient (Wildman–Crippen LogP) is 1.55. The van der Waals surface area contributed by atoms with Crippen LogP contribution in [-0.4, -0.2) is 49.2 Å². The first-order valence-corrected chi connectivity index (χ1v) is 9.43. The van der Waals surface area contributed by atoms with Crippen LogP contribution in [0.15, 0.2) is 45.6 Å². The van der Waals surface area contributed by atoms with Crippen molar-refractivity contribution in [3.63, 3.8) is 0 Å². The van der Waals surface area contributed by atoms with Crippen LogP contribution in [0.2, 0.25) is 0 Å². The van der Waals surface area contributed by atoms with Gasteiger partial charge in [-0.25, -0.2) is 4.79 Å². The molecule has 27 heavy (non-hydrogen) atoms. The number of carbonyl (C=O) groups excluding carboxylic acids is 1. The van der Waals surface area contributed by atoms with E-state index < -0.39 is 5.63 Å². The summed E-state index contributed by atoms with van der Waals surface area (Å²) in [6.07, 6.45) is 1.41. The number of benzene rings is 1. The lowest BCUT2D eigenvalue weighted by Gasteiger charge is -2.25. The third-order valence-corrected chi connectivity index (χ3v) is 5.31. The van der Waals surface area contributed by atoms with E-state index in [1.54, 1.807) is 11.8 Å². The van der Waals surface area contributed by atoms with Crippen molar-refractivity contribution in [3.8, 4) is 0 Å². The molecule has 1 N–H and O–H groups in total. The van der Waals surface area contributed by atoms with Crippen molar-refractivity contribution in [1.29, 1.82) is 0 Å². The van der Waals surface area contributed by atoms with Crippen LogP contribution in [0, 0.1) is 6.92 Å². The van der Waals surface area contributed by atoms with Gasteiger partial charge in [0.05, 0.1) is 18.8 Å². The van der Waals surface area contributed by atoms with E-state index in [0.717, 1.165) is 13.0 Å². The first-order chi connectivity index (χ1) is 13.1. The van der Waals surface area contributed by atoms with Gasteiger partial charge in [-0.15, -0.1) is 0 Å². The number of fused-ring (bicyclic) bond motifs is 1. The molecule has 2 aliphatic heterocycles. The van der Waals surface area contributed by atoms with Crippen LogP contribution in [-0.2, 0) is 17.6 Å². The maximum absolute atomic E-state index is 12.9. The van der Waals surface area contributed by atoms with Gasteiger partial charge in [-0.1, -0.05) is 30.3 Å². The van der Waals surface area contributed by atoms with Gasteiger partial charge in [0.2, 0.25) is 0 Å². The van der Waals surface area contributed by atoms with Crippen molar-refractivity contribution >= 4 is 5.91 Å². The summed E-state index contributed by atoms with van der Waals surface area (Å²) < 4.78 is 11.2. The van der Waals surface area contributed by atoms with Gasteiger partial charge >= 0.3 is 5.63 Å². The number of aryl methyl sites for hydroxylation is 3.